The maximum Gasteiger partial charge on any atom is 0.324 e. The summed E-state index contributed by atoms with van der Waals surface area (Å²) in [5.41, 5.74) is 0. The number of hydrogen-bond donors (Lipinski definition) is 0. The molecule has 0 spiro atoms. The Labute approximate surface area is 144 Å². The van der Waals surface area contributed by atoms with Crippen molar-refractivity contribution in [3.05, 3.63) is 0 Å². The maximum absolute atomic E-state index is 13.3. The summed E-state index contributed by atoms with van der Waals surface area (Å²) in [6, 6.07) is 0.268. The zero-order chi connectivity index (χ0) is 18.0. The lowest BCUT2D eigenvalue weighted by Crippen LogP contribution is -2.45. The molecular formula is C15H21F2N5O3. The highest BCUT2D eigenvalue weighted by Gasteiger charge is 2.39. The SMILES string of the molecule is COc1nc(OC)nc(N2CCC(C(=O)N3CCC(F)(F)CC3)C2)n1. The monoisotopic (exact) mass is 357 g/mol. The number of hydrogen-bond acceptors (Lipinski definition) is 7. The van der Waals surface area contributed by atoms with E-state index < -0.39 is 5.92 Å². The molecule has 1 atom stereocenters. The third kappa shape index (κ3) is 3.88. The van der Waals surface area contributed by atoms with E-state index in [0.29, 0.717) is 25.5 Å². The van der Waals surface area contributed by atoms with Gasteiger partial charge in [-0.2, -0.15) is 9.97 Å². The van der Waals surface area contributed by atoms with E-state index in [9.17, 15) is 13.6 Å². The van der Waals surface area contributed by atoms with Crippen LogP contribution in [0.5, 0.6) is 12.0 Å². The number of anilines is 1. The van der Waals surface area contributed by atoms with Crippen molar-refractivity contribution in [1.82, 2.24) is 19.9 Å². The van der Waals surface area contributed by atoms with E-state index in [-0.39, 0.29) is 49.8 Å². The van der Waals surface area contributed by atoms with Gasteiger partial charge >= 0.3 is 12.0 Å². The third-order valence-corrected chi connectivity index (χ3v) is 4.57. The van der Waals surface area contributed by atoms with Crippen molar-refractivity contribution < 1.29 is 23.0 Å². The van der Waals surface area contributed by atoms with Gasteiger partial charge in [0.15, 0.2) is 0 Å². The number of rotatable bonds is 4. The van der Waals surface area contributed by atoms with Gasteiger partial charge in [-0.05, 0) is 6.42 Å². The maximum atomic E-state index is 13.3. The number of likely N-dealkylation sites (tertiary alicyclic amines) is 1. The summed E-state index contributed by atoms with van der Waals surface area (Å²) in [5, 5.41) is 0. The highest BCUT2D eigenvalue weighted by Crippen LogP contribution is 2.30. The smallest absolute Gasteiger partial charge is 0.324 e. The first-order valence-corrected chi connectivity index (χ1v) is 8.17. The minimum absolute atomic E-state index is 0.0778. The van der Waals surface area contributed by atoms with Gasteiger partial charge in [0.1, 0.15) is 0 Å². The summed E-state index contributed by atoms with van der Waals surface area (Å²) in [7, 11) is 2.89. The van der Waals surface area contributed by atoms with Crippen LogP contribution in [0, 0.1) is 5.92 Å². The van der Waals surface area contributed by atoms with E-state index in [1.165, 1.54) is 14.2 Å². The molecule has 3 rings (SSSR count). The molecule has 1 unspecified atom stereocenters. The molecule has 1 aromatic heterocycles. The second-order valence-electron chi connectivity index (χ2n) is 6.22. The highest BCUT2D eigenvalue weighted by atomic mass is 19.3. The van der Waals surface area contributed by atoms with Gasteiger partial charge < -0.3 is 19.3 Å². The Hall–Kier alpha value is -2.26. The van der Waals surface area contributed by atoms with Gasteiger partial charge in [0.05, 0.1) is 20.1 Å². The number of aromatic nitrogens is 3. The number of carbonyl (C=O) groups is 1. The average Bonchev–Trinajstić information content (AvgIpc) is 3.10. The van der Waals surface area contributed by atoms with Gasteiger partial charge in [-0.3, -0.25) is 4.79 Å². The van der Waals surface area contributed by atoms with Crippen molar-refractivity contribution in [3.63, 3.8) is 0 Å². The Bertz CT molecular complexity index is 613. The van der Waals surface area contributed by atoms with E-state index in [2.05, 4.69) is 15.0 Å². The van der Waals surface area contributed by atoms with Gasteiger partial charge in [-0.15, -0.1) is 4.98 Å². The van der Waals surface area contributed by atoms with Crippen LogP contribution in [0.3, 0.4) is 0 Å². The molecule has 0 N–H and O–H groups in total. The van der Waals surface area contributed by atoms with Crippen molar-refractivity contribution >= 4 is 11.9 Å². The van der Waals surface area contributed by atoms with Gasteiger partial charge in [0.2, 0.25) is 11.9 Å². The summed E-state index contributed by atoms with van der Waals surface area (Å²) < 4.78 is 36.6. The highest BCUT2D eigenvalue weighted by molar-refractivity contribution is 5.80. The number of nitrogens with zero attached hydrogens (tertiary/aromatic N) is 5. The number of piperidine rings is 1. The molecule has 0 radical (unpaired) electrons. The van der Waals surface area contributed by atoms with Crippen molar-refractivity contribution in [2.45, 2.75) is 25.2 Å². The molecule has 3 heterocycles. The molecule has 0 aliphatic carbocycles. The number of carbonyl (C=O) groups excluding carboxylic acids is 1. The van der Waals surface area contributed by atoms with Gasteiger partial charge in [-0.1, -0.05) is 0 Å². The van der Waals surface area contributed by atoms with E-state index in [1.54, 1.807) is 4.90 Å². The molecule has 0 bridgehead atoms. The number of amides is 1. The van der Waals surface area contributed by atoms with Crippen LogP contribution in [0.1, 0.15) is 19.3 Å². The van der Waals surface area contributed by atoms with Gasteiger partial charge in [0.25, 0.3) is 5.92 Å². The molecule has 2 saturated heterocycles. The van der Waals surface area contributed by atoms with E-state index >= 15 is 0 Å². The van der Waals surface area contributed by atoms with Crippen molar-refractivity contribution in [1.29, 1.82) is 0 Å². The molecule has 1 amide bonds. The lowest BCUT2D eigenvalue weighted by molar-refractivity contribution is -0.140. The van der Waals surface area contributed by atoms with Crippen LogP contribution in [-0.4, -0.2) is 72.1 Å². The van der Waals surface area contributed by atoms with Crippen LogP contribution in [0.2, 0.25) is 0 Å². The summed E-state index contributed by atoms with van der Waals surface area (Å²) in [4.78, 5) is 28.3. The Balaban J connectivity index is 1.65. The predicted molar refractivity (Wildman–Crippen MR) is 84.0 cm³/mol. The minimum atomic E-state index is -2.66. The predicted octanol–water partition coefficient (Wildman–Crippen LogP) is 0.973. The second kappa shape index (κ2) is 6.93. The normalized spacial score (nSPS) is 22.8. The van der Waals surface area contributed by atoms with E-state index in [4.69, 9.17) is 9.47 Å². The lowest BCUT2D eigenvalue weighted by Gasteiger charge is -2.33. The standard InChI is InChI=1S/C15H21F2N5O3/c1-24-13-18-12(19-14(20-13)25-2)22-6-3-10(9-22)11(23)21-7-4-15(16,17)5-8-21/h10H,3-9H2,1-2H3. The fraction of sp³-hybridized carbons (Fsp3) is 0.733. The first-order valence-electron chi connectivity index (χ1n) is 8.17. The van der Waals surface area contributed by atoms with Gasteiger partial charge in [-0.25, -0.2) is 8.78 Å². The quantitative estimate of drug-likeness (QED) is 0.794. The summed E-state index contributed by atoms with van der Waals surface area (Å²) in [5.74, 6) is -2.60. The van der Waals surface area contributed by atoms with Crippen molar-refractivity contribution in [2.24, 2.45) is 5.92 Å². The molecule has 10 heteroatoms. The van der Waals surface area contributed by atoms with E-state index in [0.717, 1.165) is 0 Å². The molecule has 2 aliphatic heterocycles. The summed E-state index contributed by atoms with van der Waals surface area (Å²) in [6.07, 6.45) is 0.0934. The number of halogens is 2. The number of methoxy groups -OCH3 is 2. The van der Waals surface area contributed by atoms with Crippen LogP contribution in [0.15, 0.2) is 0 Å². The van der Waals surface area contributed by atoms with Crippen molar-refractivity contribution in [3.8, 4) is 12.0 Å². The lowest BCUT2D eigenvalue weighted by atomic mass is 10.0. The molecular weight excluding hydrogens is 336 g/mol. The molecule has 2 fully saturated rings. The number of alkyl halides is 2. The molecule has 1 aromatic rings. The van der Waals surface area contributed by atoms with Crippen LogP contribution in [0.4, 0.5) is 14.7 Å². The Kier molecular flexibility index (Phi) is 4.87. The Morgan fingerprint density at radius 2 is 1.68 bits per heavy atom. The zero-order valence-corrected chi connectivity index (χ0v) is 14.2. The topological polar surface area (TPSA) is 80.7 Å². The first-order chi connectivity index (χ1) is 11.9. The first kappa shape index (κ1) is 17.6. The van der Waals surface area contributed by atoms with Crippen LogP contribution >= 0.6 is 0 Å². The Morgan fingerprint density at radius 1 is 1.08 bits per heavy atom. The zero-order valence-electron chi connectivity index (χ0n) is 14.2. The molecule has 25 heavy (non-hydrogen) atoms. The van der Waals surface area contributed by atoms with Crippen LogP contribution in [0.25, 0.3) is 0 Å². The number of ether oxygens (including phenoxy) is 2. The molecule has 2 aliphatic rings. The third-order valence-electron chi connectivity index (χ3n) is 4.57. The summed E-state index contributed by atoms with van der Waals surface area (Å²) >= 11 is 0. The largest absolute Gasteiger partial charge is 0.467 e. The van der Waals surface area contributed by atoms with E-state index in [1.807, 2.05) is 4.90 Å². The fourth-order valence-corrected chi connectivity index (χ4v) is 3.11. The molecule has 8 nitrogen and oxygen atoms in total. The van der Waals surface area contributed by atoms with Gasteiger partial charge in [0, 0.05) is 39.0 Å². The van der Waals surface area contributed by atoms with Crippen LogP contribution < -0.4 is 14.4 Å². The molecule has 0 aromatic carbocycles. The van der Waals surface area contributed by atoms with Crippen LogP contribution in [-0.2, 0) is 4.79 Å². The Morgan fingerprint density at radius 3 is 2.24 bits per heavy atom. The van der Waals surface area contributed by atoms with Crippen molar-refractivity contribution in [2.75, 3.05) is 45.3 Å². The molecule has 138 valence electrons. The minimum Gasteiger partial charge on any atom is -0.467 e. The fourth-order valence-electron chi connectivity index (χ4n) is 3.11. The second-order valence-corrected chi connectivity index (χ2v) is 6.22. The summed E-state index contributed by atoms with van der Waals surface area (Å²) in [6.45, 7) is 1.24. The molecule has 0 saturated carbocycles. The average molecular weight is 357 g/mol.